The van der Waals surface area contributed by atoms with E-state index in [1.54, 1.807) is 11.5 Å². The van der Waals surface area contributed by atoms with E-state index in [9.17, 15) is 14.7 Å². The number of halogens is 2. The molecule has 2 aromatic rings. The fraction of sp³-hybridized carbons (Fsp3) is 0.526. The fourth-order valence-electron chi connectivity index (χ4n) is 4.66. The molecular weight excluding hydrogens is 387 g/mol. The van der Waals surface area contributed by atoms with E-state index in [1.165, 1.54) is 6.20 Å². The molecule has 28 heavy (non-hydrogen) atoms. The zero-order chi connectivity index (χ0) is 19.0. The zero-order valence-corrected chi connectivity index (χ0v) is 16.4. The second-order valence-corrected chi connectivity index (χ2v) is 8.00. The highest BCUT2D eigenvalue weighted by Crippen LogP contribution is 2.39. The van der Waals surface area contributed by atoms with Crippen molar-refractivity contribution in [2.75, 3.05) is 11.4 Å². The molecule has 3 aliphatic rings. The Morgan fingerprint density at radius 3 is 2.68 bits per heavy atom. The molecule has 0 aromatic carbocycles. The van der Waals surface area contributed by atoms with Gasteiger partial charge in [-0.2, -0.15) is 0 Å². The minimum absolute atomic E-state index is 0. The number of hydrogen-bond acceptors (Lipinski definition) is 5. The summed E-state index contributed by atoms with van der Waals surface area (Å²) < 4.78 is 17.0. The van der Waals surface area contributed by atoms with Gasteiger partial charge in [0.15, 0.2) is 11.6 Å². The van der Waals surface area contributed by atoms with E-state index in [-0.39, 0.29) is 52.9 Å². The molecule has 9 heteroatoms. The summed E-state index contributed by atoms with van der Waals surface area (Å²) in [7, 11) is 0. The number of hydrogen-bond donors (Lipinski definition) is 2. The number of aryl methyl sites for hydroxylation is 1. The number of carboxylic acids is 1. The highest BCUT2D eigenvalue weighted by molar-refractivity contribution is 5.93. The van der Waals surface area contributed by atoms with Gasteiger partial charge in [0.05, 0.1) is 5.39 Å². The summed E-state index contributed by atoms with van der Waals surface area (Å²) in [5.74, 6) is -1.54. The lowest BCUT2D eigenvalue weighted by Crippen LogP contribution is -2.50. The lowest BCUT2D eigenvalue weighted by Gasteiger charge is -2.33. The lowest BCUT2D eigenvalue weighted by atomic mass is 10.1. The van der Waals surface area contributed by atoms with Gasteiger partial charge in [-0.15, -0.1) is 12.4 Å². The van der Waals surface area contributed by atoms with Crippen molar-refractivity contribution in [3.05, 3.63) is 33.4 Å². The lowest BCUT2D eigenvalue weighted by molar-refractivity contribution is 0.0695. The van der Waals surface area contributed by atoms with E-state index in [0.29, 0.717) is 18.2 Å². The average molecular weight is 409 g/mol. The van der Waals surface area contributed by atoms with Crippen LogP contribution in [0.3, 0.4) is 0 Å². The van der Waals surface area contributed by atoms with Crippen LogP contribution in [0, 0.1) is 12.7 Å². The van der Waals surface area contributed by atoms with E-state index >= 15 is 4.39 Å². The quantitative estimate of drug-likeness (QED) is 0.809. The molecule has 0 spiro atoms. The first kappa shape index (κ1) is 19.1. The van der Waals surface area contributed by atoms with Crippen LogP contribution >= 0.6 is 12.4 Å². The normalized spacial score (nSPS) is 26.0. The topological polar surface area (TPSA) is 87.5 Å². The van der Waals surface area contributed by atoms with Crippen molar-refractivity contribution < 1.29 is 14.3 Å². The number of anilines is 1. The highest BCUT2D eigenvalue weighted by Gasteiger charge is 2.44. The van der Waals surface area contributed by atoms with Crippen LogP contribution in [0.4, 0.5) is 10.2 Å². The number of pyridine rings is 2. The van der Waals surface area contributed by atoms with Crippen molar-refractivity contribution in [2.24, 2.45) is 0 Å². The molecule has 5 rings (SSSR count). The Kier molecular flexibility index (Phi) is 4.39. The van der Waals surface area contributed by atoms with Gasteiger partial charge in [-0.25, -0.2) is 14.2 Å². The monoisotopic (exact) mass is 408 g/mol. The molecule has 2 saturated heterocycles. The molecular formula is C19H22ClFN4O3. The van der Waals surface area contributed by atoms with E-state index < -0.39 is 17.2 Å². The van der Waals surface area contributed by atoms with Gasteiger partial charge in [0, 0.05) is 42.5 Å². The molecule has 4 heterocycles. The fourth-order valence-corrected chi connectivity index (χ4v) is 4.66. The van der Waals surface area contributed by atoms with Crippen LogP contribution in [0.2, 0.25) is 0 Å². The SMILES string of the molecule is Cc1c(F)c(N2C[C@H]3C[C@@H]2[C@@H](C)N3)nc2c1c(=O)c(C(=O)O)cn2C1CC1.Cl. The second-order valence-electron chi connectivity index (χ2n) is 8.00. The molecule has 2 aromatic heterocycles. The van der Waals surface area contributed by atoms with Gasteiger partial charge < -0.3 is 19.9 Å². The third kappa shape index (κ3) is 2.62. The minimum atomic E-state index is -1.29. The summed E-state index contributed by atoms with van der Waals surface area (Å²) in [5.41, 5.74) is -0.419. The highest BCUT2D eigenvalue weighted by atomic mass is 35.5. The van der Waals surface area contributed by atoms with E-state index in [0.717, 1.165) is 19.3 Å². The van der Waals surface area contributed by atoms with Crippen molar-refractivity contribution in [1.29, 1.82) is 0 Å². The third-order valence-electron chi connectivity index (χ3n) is 6.18. The maximum atomic E-state index is 15.3. The van der Waals surface area contributed by atoms with Crippen LogP contribution in [0.1, 0.15) is 48.1 Å². The molecule has 2 aliphatic heterocycles. The molecule has 3 atom stereocenters. The number of nitrogens with zero attached hydrogens (tertiary/aromatic N) is 3. The van der Waals surface area contributed by atoms with Crippen molar-refractivity contribution in [3.63, 3.8) is 0 Å². The maximum Gasteiger partial charge on any atom is 0.341 e. The number of aromatic nitrogens is 2. The molecule has 2 bridgehead atoms. The molecule has 7 nitrogen and oxygen atoms in total. The van der Waals surface area contributed by atoms with E-state index in [2.05, 4.69) is 17.2 Å². The molecule has 1 saturated carbocycles. The van der Waals surface area contributed by atoms with Gasteiger partial charge in [-0.1, -0.05) is 0 Å². The van der Waals surface area contributed by atoms with Gasteiger partial charge >= 0.3 is 5.97 Å². The largest absolute Gasteiger partial charge is 0.477 e. The third-order valence-corrected chi connectivity index (χ3v) is 6.18. The summed E-state index contributed by atoms with van der Waals surface area (Å²) in [6.45, 7) is 4.32. The van der Waals surface area contributed by atoms with Gasteiger partial charge in [0.1, 0.15) is 11.2 Å². The molecule has 3 fully saturated rings. The summed E-state index contributed by atoms with van der Waals surface area (Å²) in [6.07, 6.45) is 4.13. The number of aromatic carboxylic acids is 1. The van der Waals surface area contributed by atoms with Gasteiger partial charge in [-0.05, 0) is 33.1 Å². The van der Waals surface area contributed by atoms with Crippen LogP contribution < -0.4 is 15.6 Å². The van der Waals surface area contributed by atoms with Gasteiger partial charge in [0.25, 0.3) is 0 Å². The maximum absolute atomic E-state index is 15.3. The smallest absolute Gasteiger partial charge is 0.341 e. The Morgan fingerprint density at radius 2 is 2.11 bits per heavy atom. The molecule has 0 amide bonds. The number of fused-ring (bicyclic) bond motifs is 3. The average Bonchev–Trinajstić information content (AvgIpc) is 3.28. The Balaban J connectivity index is 0.00000192. The Hall–Kier alpha value is -2.19. The van der Waals surface area contributed by atoms with Crippen LogP contribution in [0.5, 0.6) is 0 Å². The first-order chi connectivity index (χ1) is 12.9. The standard InChI is InChI=1S/C19H21FN4O3.ClH/c1-8-14-16(25)12(19(26)27)7-23(11-3-4-11)17(14)22-18(15(8)20)24-6-10-5-13(24)9(2)21-10;/h7,9-11,13,21H,3-6H2,1-2H3,(H,26,27);1H/t9-,10-,13-;/m1./s1. The molecule has 1 aliphatic carbocycles. The summed E-state index contributed by atoms with van der Waals surface area (Å²) in [5, 5.41) is 13.0. The van der Waals surface area contributed by atoms with Crippen LogP contribution in [-0.4, -0.2) is 45.3 Å². The Morgan fingerprint density at radius 1 is 1.39 bits per heavy atom. The number of carbonyl (C=O) groups is 1. The molecule has 150 valence electrons. The van der Waals surface area contributed by atoms with Gasteiger partial charge in [0.2, 0.25) is 5.43 Å². The van der Waals surface area contributed by atoms with Crippen LogP contribution in [-0.2, 0) is 0 Å². The summed E-state index contributed by atoms with van der Waals surface area (Å²) in [6, 6.07) is 0.864. The Labute approximate surface area is 167 Å². The number of rotatable bonds is 3. The minimum Gasteiger partial charge on any atom is -0.477 e. The first-order valence-corrected chi connectivity index (χ1v) is 9.37. The summed E-state index contributed by atoms with van der Waals surface area (Å²) in [4.78, 5) is 30.8. The predicted molar refractivity (Wildman–Crippen MR) is 105 cm³/mol. The van der Waals surface area contributed by atoms with Crippen LogP contribution in [0.15, 0.2) is 11.0 Å². The van der Waals surface area contributed by atoms with E-state index in [1.807, 2.05) is 4.90 Å². The van der Waals surface area contributed by atoms with Crippen molar-refractivity contribution in [1.82, 2.24) is 14.9 Å². The van der Waals surface area contributed by atoms with Gasteiger partial charge in [-0.3, -0.25) is 4.79 Å². The summed E-state index contributed by atoms with van der Waals surface area (Å²) >= 11 is 0. The van der Waals surface area contributed by atoms with Crippen LogP contribution in [0.25, 0.3) is 11.0 Å². The number of carboxylic acid groups (broad SMARTS) is 1. The molecule has 2 N–H and O–H groups in total. The Bertz CT molecular complexity index is 1050. The first-order valence-electron chi connectivity index (χ1n) is 9.37. The number of piperazine rings is 1. The second kappa shape index (κ2) is 6.42. The van der Waals surface area contributed by atoms with Crippen molar-refractivity contribution >= 4 is 35.2 Å². The van der Waals surface area contributed by atoms with Crippen molar-refractivity contribution in [3.8, 4) is 0 Å². The molecule has 0 unspecified atom stereocenters. The van der Waals surface area contributed by atoms with E-state index in [4.69, 9.17) is 0 Å². The predicted octanol–water partition coefficient (Wildman–Crippen LogP) is 2.24. The zero-order valence-electron chi connectivity index (χ0n) is 15.6. The molecule has 0 radical (unpaired) electrons. The van der Waals surface area contributed by atoms with Crippen molar-refractivity contribution in [2.45, 2.75) is 57.3 Å². The number of nitrogens with one attached hydrogen (secondary N) is 1.